The molecule has 2 aliphatic heterocycles. The molecule has 4 rings (SSSR count). The number of nitrogens with zero attached hydrogens (tertiary/aromatic N) is 3. The van der Waals surface area contributed by atoms with Crippen LogP contribution in [0.25, 0.3) is 0 Å². The summed E-state index contributed by atoms with van der Waals surface area (Å²) < 4.78 is 0. The molecular formula is C30H37N3O4. The molecule has 196 valence electrons. The largest absolute Gasteiger partial charge is 0.303 e. The lowest BCUT2D eigenvalue weighted by molar-refractivity contribution is -0.135. The quantitative estimate of drug-likeness (QED) is 0.483. The fourth-order valence-electron chi connectivity index (χ4n) is 5.55. The summed E-state index contributed by atoms with van der Waals surface area (Å²) in [5, 5.41) is 0. The third kappa shape index (κ3) is 4.73. The van der Waals surface area contributed by atoms with Crippen molar-refractivity contribution in [3.63, 3.8) is 0 Å². The number of hydrogen-bond acceptors (Lipinski definition) is 5. The van der Waals surface area contributed by atoms with E-state index in [9.17, 15) is 19.2 Å². The van der Waals surface area contributed by atoms with Crippen LogP contribution in [0.5, 0.6) is 0 Å². The Labute approximate surface area is 219 Å². The highest BCUT2D eigenvalue weighted by Gasteiger charge is 2.45. The van der Waals surface area contributed by atoms with Crippen molar-refractivity contribution in [1.29, 1.82) is 0 Å². The zero-order valence-corrected chi connectivity index (χ0v) is 22.5. The van der Waals surface area contributed by atoms with Gasteiger partial charge in [-0.25, -0.2) is 0 Å². The third-order valence-corrected chi connectivity index (χ3v) is 7.87. The van der Waals surface area contributed by atoms with Gasteiger partial charge in [-0.1, -0.05) is 43.3 Å². The van der Waals surface area contributed by atoms with E-state index in [1.54, 1.807) is 12.1 Å². The maximum atomic E-state index is 13.1. The molecule has 2 aliphatic rings. The summed E-state index contributed by atoms with van der Waals surface area (Å²) in [6.07, 6.45) is 1.32. The van der Waals surface area contributed by atoms with Crippen LogP contribution in [0.15, 0.2) is 48.5 Å². The highest BCUT2D eigenvalue weighted by molar-refractivity contribution is 6.13. The van der Waals surface area contributed by atoms with Crippen LogP contribution in [0, 0.1) is 0 Å². The van der Waals surface area contributed by atoms with Gasteiger partial charge in [0.15, 0.2) is 0 Å². The van der Waals surface area contributed by atoms with Crippen LogP contribution in [-0.2, 0) is 20.4 Å². The maximum absolute atomic E-state index is 13.1. The lowest BCUT2D eigenvalue weighted by Gasteiger charge is -2.38. The first-order valence-corrected chi connectivity index (χ1v) is 13.2. The standard InChI is InChI=1S/C30H37N3O4/c1-6-31(17-11-19-32-25(34)21-13-7-9-15-23(21)29(2,3)27(32)36)18-12-20-33-26(35)22-14-8-10-16-24(22)30(4,5)28(33)37/h7-10,13-16H,6,11-12,17-20H2,1-5H3. The minimum Gasteiger partial charge on any atom is -0.303 e. The summed E-state index contributed by atoms with van der Waals surface area (Å²) in [6.45, 7) is 12.5. The van der Waals surface area contributed by atoms with Crippen LogP contribution in [0.1, 0.15) is 79.3 Å². The first-order chi connectivity index (χ1) is 17.5. The molecule has 0 spiro atoms. The smallest absolute Gasteiger partial charge is 0.260 e. The number of rotatable bonds is 9. The molecule has 0 unspecified atom stereocenters. The minimum atomic E-state index is -0.741. The summed E-state index contributed by atoms with van der Waals surface area (Å²) in [5.41, 5.74) is 1.27. The second kappa shape index (κ2) is 10.2. The molecule has 0 N–H and O–H groups in total. The van der Waals surface area contributed by atoms with Gasteiger partial charge in [0.1, 0.15) is 0 Å². The molecule has 0 aromatic heterocycles. The van der Waals surface area contributed by atoms with E-state index in [0.717, 1.165) is 17.7 Å². The Morgan fingerprint density at radius 2 is 1.03 bits per heavy atom. The van der Waals surface area contributed by atoms with Crippen molar-refractivity contribution in [2.75, 3.05) is 32.7 Å². The van der Waals surface area contributed by atoms with Crippen LogP contribution < -0.4 is 0 Å². The van der Waals surface area contributed by atoms with E-state index >= 15 is 0 Å². The average molecular weight is 504 g/mol. The van der Waals surface area contributed by atoms with E-state index in [1.807, 2.05) is 64.1 Å². The number of imide groups is 2. The lowest BCUT2D eigenvalue weighted by Crippen LogP contribution is -2.52. The Morgan fingerprint density at radius 1 is 0.649 bits per heavy atom. The molecule has 0 aliphatic carbocycles. The van der Waals surface area contributed by atoms with E-state index in [-0.39, 0.29) is 23.6 Å². The molecule has 0 saturated heterocycles. The minimum absolute atomic E-state index is 0.163. The Hall–Kier alpha value is -3.32. The van der Waals surface area contributed by atoms with Crippen molar-refractivity contribution in [2.24, 2.45) is 0 Å². The van der Waals surface area contributed by atoms with Gasteiger partial charge in [-0.3, -0.25) is 29.0 Å². The highest BCUT2D eigenvalue weighted by atomic mass is 16.2. The van der Waals surface area contributed by atoms with Gasteiger partial charge in [-0.2, -0.15) is 0 Å². The molecule has 0 fully saturated rings. The number of amides is 4. The van der Waals surface area contributed by atoms with Gasteiger partial charge >= 0.3 is 0 Å². The Morgan fingerprint density at radius 3 is 1.41 bits per heavy atom. The second-order valence-corrected chi connectivity index (χ2v) is 11.0. The molecule has 2 aromatic carbocycles. The zero-order chi connectivity index (χ0) is 27.0. The molecule has 2 aromatic rings. The number of fused-ring (bicyclic) bond motifs is 2. The lowest BCUT2D eigenvalue weighted by atomic mass is 9.77. The van der Waals surface area contributed by atoms with E-state index in [1.165, 1.54) is 9.80 Å². The van der Waals surface area contributed by atoms with Gasteiger partial charge in [0.2, 0.25) is 11.8 Å². The van der Waals surface area contributed by atoms with Crippen molar-refractivity contribution in [1.82, 2.24) is 14.7 Å². The fourth-order valence-corrected chi connectivity index (χ4v) is 5.55. The normalized spacial score (nSPS) is 18.3. The molecule has 7 heteroatoms. The van der Waals surface area contributed by atoms with Crippen LogP contribution in [0.3, 0.4) is 0 Å². The van der Waals surface area contributed by atoms with E-state index < -0.39 is 10.8 Å². The summed E-state index contributed by atoms with van der Waals surface area (Å²) in [4.78, 5) is 57.3. The number of carbonyl (C=O) groups excluding carboxylic acids is 4. The predicted octanol–water partition coefficient (Wildman–Crippen LogP) is 4.01. The monoisotopic (exact) mass is 503 g/mol. The van der Waals surface area contributed by atoms with E-state index in [2.05, 4.69) is 11.8 Å². The van der Waals surface area contributed by atoms with Gasteiger partial charge in [-0.15, -0.1) is 0 Å². The van der Waals surface area contributed by atoms with Crippen molar-refractivity contribution >= 4 is 23.6 Å². The van der Waals surface area contributed by atoms with Crippen LogP contribution in [0.2, 0.25) is 0 Å². The topological polar surface area (TPSA) is 78.0 Å². The van der Waals surface area contributed by atoms with Crippen LogP contribution in [0.4, 0.5) is 0 Å². The van der Waals surface area contributed by atoms with Crippen LogP contribution in [-0.4, -0.2) is 71.1 Å². The second-order valence-electron chi connectivity index (χ2n) is 11.0. The summed E-state index contributed by atoms with van der Waals surface area (Å²) >= 11 is 0. The molecular weight excluding hydrogens is 466 g/mol. The Bertz CT molecular complexity index is 1140. The molecule has 2 heterocycles. The van der Waals surface area contributed by atoms with Crippen molar-refractivity contribution in [2.45, 2.75) is 58.3 Å². The number of hydrogen-bond donors (Lipinski definition) is 0. The van der Waals surface area contributed by atoms with E-state index in [4.69, 9.17) is 0 Å². The van der Waals surface area contributed by atoms with Crippen LogP contribution >= 0.6 is 0 Å². The third-order valence-electron chi connectivity index (χ3n) is 7.87. The molecule has 0 bridgehead atoms. The van der Waals surface area contributed by atoms with Gasteiger partial charge in [0.25, 0.3) is 11.8 Å². The first kappa shape index (κ1) is 26.7. The fraction of sp³-hybridized carbons (Fsp3) is 0.467. The molecule has 0 radical (unpaired) electrons. The molecule has 4 amide bonds. The Balaban J connectivity index is 1.33. The summed E-state index contributed by atoms with van der Waals surface area (Å²) in [7, 11) is 0. The number of benzene rings is 2. The van der Waals surface area contributed by atoms with Gasteiger partial charge in [0.05, 0.1) is 10.8 Å². The molecule has 37 heavy (non-hydrogen) atoms. The average Bonchev–Trinajstić information content (AvgIpc) is 2.89. The van der Waals surface area contributed by atoms with Gasteiger partial charge in [0, 0.05) is 24.2 Å². The number of carbonyl (C=O) groups is 4. The Kier molecular flexibility index (Phi) is 7.38. The zero-order valence-electron chi connectivity index (χ0n) is 22.5. The van der Waals surface area contributed by atoms with Crippen molar-refractivity contribution in [3.8, 4) is 0 Å². The SMILES string of the molecule is CCN(CCCN1C(=O)c2ccccc2C(C)(C)C1=O)CCCN1C(=O)c2ccccc2C(C)(C)C1=O. The van der Waals surface area contributed by atoms with Gasteiger partial charge < -0.3 is 4.90 Å². The van der Waals surface area contributed by atoms with Gasteiger partial charge in [-0.05, 0) is 83.4 Å². The summed E-state index contributed by atoms with van der Waals surface area (Å²) in [6, 6.07) is 14.7. The molecule has 0 saturated carbocycles. The predicted molar refractivity (Wildman–Crippen MR) is 142 cm³/mol. The maximum Gasteiger partial charge on any atom is 0.260 e. The highest BCUT2D eigenvalue weighted by Crippen LogP contribution is 2.35. The van der Waals surface area contributed by atoms with E-state index in [0.29, 0.717) is 50.1 Å². The molecule has 7 nitrogen and oxygen atoms in total. The summed E-state index contributed by atoms with van der Waals surface area (Å²) in [5.74, 6) is -0.783. The first-order valence-electron chi connectivity index (χ1n) is 13.2. The van der Waals surface area contributed by atoms with Crippen molar-refractivity contribution in [3.05, 3.63) is 70.8 Å². The van der Waals surface area contributed by atoms with Crippen molar-refractivity contribution < 1.29 is 19.2 Å². The molecule has 0 atom stereocenters.